The molecule has 0 amide bonds. The van der Waals surface area contributed by atoms with E-state index in [9.17, 15) is 5.11 Å². The van der Waals surface area contributed by atoms with Crippen molar-refractivity contribution in [1.29, 1.82) is 0 Å². The summed E-state index contributed by atoms with van der Waals surface area (Å²) in [5.41, 5.74) is 0.985. The monoisotopic (exact) mass is 279 g/mol. The van der Waals surface area contributed by atoms with Crippen LogP contribution in [0, 0.1) is 0 Å². The number of aliphatic hydroxyl groups is 1. The number of ether oxygens (including phenoxy) is 2. The van der Waals surface area contributed by atoms with Crippen molar-refractivity contribution in [1.82, 2.24) is 5.32 Å². The Bertz CT molecular complexity index is 457. The lowest BCUT2D eigenvalue weighted by Crippen LogP contribution is -2.39. The van der Waals surface area contributed by atoms with Crippen LogP contribution in [0.15, 0.2) is 18.2 Å². The van der Waals surface area contributed by atoms with E-state index in [1.165, 1.54) is 5.56 Å². The molecule has 1 heterocycles. The maximum absolute atomic E-state index is 9.28. The topological polar surface area (TPSA) is 50.7 Å². The molecule has 0 bridgehead atoms. The Hall–Kier alpha value is -1.26. The van der Waals surface area contributed by atoms with Gasteiger partial charge < -0.3 is 19.9 Å². The predicted octanol–water partition coefficient (Wildman–Crippen LogP) is 2.66. The fourth-order valence-electron chi connectivity index (χ4n) is 2.57. The van der Waals surface area contributed by atoms with Gasteiger partial charge in [-0.05, 0) is 33.4 Å². The molecule has 112 valence electrons. The van der Waals surface area contributed by atoms with E-state index in [4.69, 9.17) is 9.47 Å². The zero-order valence-electron chi connectivity index (χ0n) is 12.8. The van der Waals surface area contributed by atoms with E-state index in [0.717, 1.165) is 24.5 Å². The van der Waals surface area contributed by atoms with Crippen molar-refractivity contribution >= 4 is 0 Å². The van der Waals surface area contributed by atoms with Gasteiger partial charge in [-0.15, -0.1) is 0 Å². The van der Waals surface area contributed by atoms with Gasteiger partial charge in [-0.1, -0.05) is 13.0 Å². The molecule has 2 atom stereocenters. The quantitative estimate of drug-likeness (QED) is 0.870. The number of benzene rings is 1. The number of aliphatic hydroxyl groups excluding tert-OH is 1. The highest BCUT2D eigenvalue weighted by Gasteiger charge is 2.33. The highest BCUT2D eigenvalue weighted by atomic mass is 16.5. The van der Waals surface area contributed by atoms with Crippen LogP contribution in [0.3, 0.4) is 0 Å². The first kappa shape index (κ1) is 15.1. The Morgan fingerprint density at radius 2 is 2.25 bits per heavy atom. The van der Waals surface area contributed by atoms with E-state index in [1.807, 2.05) is 12.1 Å². The van der Waals surface area contributed by atoms with Crippen LogP contribution >= 0.6 is 0 Å². The maximum atomic E-state index is 9.28. The highest BCUT2D eigenvalue weighted by Crippen LogP contribution is 2.41. The normalized spacial score (nSPS) is 21.8. The molecule has 0 radical (unpaired) electrons. The maximum Gasteiger partial charge on any atom is 0.128 e. The molecule has 1 aliphatic rings. The molecular weight excluding hydrogens is 254 g/mol. The zero-order chi connectivity index (χ0) is 14.8. The van der Waals surface area contributed by atoms with Gasteiger partial charge in [-0.25, -0.2) is 0 Å². The summed E-state index contributed by atoms with van der Waals surface area (Å²) >= 11 is 0. The number of hydrogen-bond acceptors (Lipinski definition) is 4. The van der Waals surface area contributed by atoms with E-state index < -0.39 is 6.10 Å². The molecule has 0 saturated carbocycles. The highest BCUT2D eigenvalue weighted by molar-refractivity contribution is 5.44. The standard InChI is InChI=1S/C16H25NO3/c1-5-17-14-9-16(3,4)20-15-8-12(6-7-13(14)15)19-10-11(2)18/h6-8,11,14,17-18H,5,9-10H2,1-4H3. The molecule has 1 aliphatic heterocycles. The van der Waals surface area contributed by atoms with Crippen LogP contribution in [0.2, 0.25) is 0 Å². The average molecular weight is 279 g/mol. The largest absolute Gasteiger partial charge is 0.491 e. The summed E-state index contributed by atoms with van der Waals surface area (Å²) in [5.74, 6) is 1.60. The van der Waals surface area contributed by atoms with Gasteiger partial charge in [0.25, 0.3) is 0 Å². The van der Waals surface area contributed by atoms with Crippen LogP contribution in [0.1, 0.15) is 45.7 Å². The molecule has 20 heavy (non-hydrogen) atoms. The molecule has 0 spiro atoms. The molecule has 0 fully saturated rings. The van der Waals surface area contributed by atoms with Crippen LogP contribution in [-0.2, 0) is 0 Å². The molecule has 1 aromatic carbocycles. The second-order valence-corrected chi connectivity index (χ2v) is 6.04. The van der Waals surface area contributed by atoms with Gasteiger partial charge in [0.1, 0.15) is 23.7 Å². The lowest BCUT2D eigenvalue weighted by atomic mass is 9.89. The SMILES string of the molecule is CCNC1CC(C)(C)Oc2cc(OCC(C)O)ccc21. The fourth-order valence-corrected chi connectivity index (χ4v) is 2.57. The van der Waals surface area contributed by atoms with Gasteiger partial charge in [-0.2, -0.15) is 0 Å². The minimum absolute atomic E-state index is 0.192. The molecule has 0 aromatic heterocycles. The summed E-state index contributed by atoms with van der Waals surface area (Å²) in [6.07, 6.45) is 0.472. The van der Waals surface area contributed by atoms with E-state index in [2.05, 4.69) is 32.2 Å². The van der Waals surface area contributed by atoms with E-state index in [-0.39, 0.29) is 5.60 Å². The van der Waals surface area contributed by atoms with Crippen LogP contribution in [0.5, 0.6) is 11.5 Å². The van der Waals surface area contributed by atoms with E-state index >= 15 is 0 Å². The fraction of sp³-hybridized carbons (Fsp3) is 0.625. The molecule has 0 aliphatic carbocycles. The molecule has 4 heteroatoms. The van der Waals surface area contributed by atoms with Crippen LogP contribution in [0.4, 0.5) is 0 Å². The van der Waals surface area contributed by atoms with Crippen LogP contribution in [0.25, 0.3) is 0 Å². The number of hydrogen-bond donors (Lipinski definition) is 2. The summed E-state index contributed by atoms with van der Waals surface area (Å²) < 4.78 is 11.6. The van der Waals surface area contributed by atoms with Gasteiger partial charge in [0.15, 0.2) is 0 Å². The van der Waals surface area contributed by atoms with Gasteiger partial charge in [0.2, 0.25) is 0 Å². The second kappa shape index (κ2) is 6.02. The van der Waals surface area contributed by atoms with Crippen molar-refractivity contribution in [2.75, 3.05) is 13.2 Å². The Morgan fingerprint density at radius 3 is 2.90 bits per heavy atom. The van der Waals surface area contributed by atoms with Crippen molar-refractivity contribution in [2.45, 2.75) is 51.9 Å². The third kappa shape index (κ3) is 3.64. The average Bonchev–Trinajstić information content (AvgIpc) is 2.35. The molecule has 1 aromatic rings. The van der Waals surface area contributed by atoms with E-state index in [1.54, 1.807) is 6.92 Å². The lowest BCUT2D eigenvalue weighted by molar-refractivity contribution is 0.0655. The molecule has 4 nitrogen and oxygen atoms in total. The third-order valence-electron chi connectivity index (χ3n) is 3.38. The summed E-state index contributed by atoms with van der Waals surface area (Å²) in [7, 11) is 0. The third-order valence-corrected chi connectivity index (χ3v) is 3.38. The second-order valence-electron chi connectivity index (χ2n) is 6.04. The first-order valence-corrected chi connectivity index (χ1v) is 7.28. The van der Waals surface area contributed by atoms with Crippen LogP contribution < -0.4 is 14.8 Å². The number of nitrogens with one attached hydrogen (secondary N) is 1. The van der Waals surface area contributed by atoms with Crippen molar-refractivity contribution in [2.24, 2.45) is 0 Å². The summed E-state index contributed by atoms with van der Waals surface area (Å²) in [6.45, 7) is 9.24. The number of fused-ring (bicyclic) bond motifs is 1. The first-order valence-electron chi connectivity index (χ1n) is 7.28. The Balaban J connectivity index is 2.22. The van der Waals surface area contributed by atoms with Gasteiger partial charge in [0, 0.05) is 24.1 Å². The summed E-state index contributed by atoms with van der Waals surface area (Å²) in [4.78, 5) is 0. The first-order chi connectivity index (χ1) is 9.41. The number of rotatable bonds is 5. The zero-order valence-corrected chi connectivity index (χ0v) is 12.8. The Labute approximate surface area is 121 Å². The van der Waals surface area contributed by atoms with Gasteiger partial charge in [0.05, 0.1) is 6.10 Å². The minimum Gasteiger partial charge on any atom is -0.491 e. The molecule has 2 N–H and O–H groups in total. The van der Waals surface area contributed by atoms with Crippen molar-refractivity contribution in [3.8, 4) is 11.5 Å². The van der Waals surface area contributed by atoms with Crippen molar-refractivity contribution < 1.29 is 14.6 Å². The molecular formula is C16H25NO3. The summed E-state index contributed by atoms with van der Waals surface area (Å²) in [6, 6.07) is 6.22. The van der Waals surface area contributed by atoms with Crippen LogP contribution in [-0.4, -0.2) is 30.0 Å². The molecule has 0 saturated heterocycles. The smallest absolute Gasteiger partial charge is 0.128 e. The molecule has 2 rings (SSSR count). The van der Waals surface area contributed by atoms with Gasteiger partial charge in [-0.3, -0.25) is 0 Å². The minimum atomic E-state index is -0.474. The Kier molecular flexibility index (Phi) is 4.55. The van der Waals surface area contributed by atoms with Crippen molar-refractivity contribution in [3.63, 3.8) is 0 Å². The van der Waals surface area contributed by atoms with Gasteiger partial charge >= 0.3 is 0 Å². The van der Waals surface area contributed by atoms with Crippen molar-refractivity contribution in [3.05, 3.63) is 23.8 Å². The Morgan fingerprint density at radius 1 is 1.50 bits per heavy atom. The predicted molar refractivity (Wildman–Crippen MR) is 79.4 cm³/mol. The molecule has 2 unspecified atom stereocenters. The lowest BCUT2D eigenvalue weighted by Gasteiger charge is -2.38. The summed E-state index contributed by atoms with van der Waals surface area (Å²) in [5, 5.41) is 12.8. The van der Waals surface area contributed by atoms with E-state index in [0.29, 0.717) is 12.6 Å².